The molecule has 0 bridgehead atoms. The highest BCUT2D eigenvalue weighted by atomic mass is 32.1. The van der Waals surface area contributed by atoms with E-state index in [1.54, 1.807) is 0 Å². The summed E-state index contributed by atoms with van der Waals surface area (Å²) in [6.45, 7) is 13.5. The summed E-state index contributed by atoms with van der Waals surface area (Å²) in [7, 11) is 0. The van der Waals surface area contributed by atoms with Crippen LogP contribution in [0.1, 0.15) is 67.2 Å². The molecule has 3 N–H and O–H groups in total. The smallest absolute Gasteiger partial charge is 0.148 e. The quantitative estimate of drug-likeness (QED) is 0.731. The third-order valence-corrected chi connectivity index (χ3v) is 6.26. The van der Waals surface area contributed by atoms with E-state index in [2.05, 4.69) is 52.2 Å². The molecule has 1 heterocycles. The number of thiocarbonyl (C=S) groups is 1. The Morgan fingerprint density at radius 1 is 1.03 bits per heavy atom. The number of hydrogen-bond acceptors (Lipinski definition) is 3. The summed E-state index contributed by atoms with van der Waals surface area (Å²) >= 11 is 5.72. The van der Waals surface area contributed by atoms with Gasteiger partial charge < -0.3 is 10.6 Å². The van der Waals surface area contributed by atoms with Gasteiger partial charge in [0.15, 0.2) is 0 Å². The number of hydrogen-bond donors (Lipinski definition) is 2. The van der Waals surface area contributed by atoms with E-state index in [1.165, 1.54) is 0 Å². The average Bonchev–Trinajstić information content (AvgIpc) is 2.50. The van der Waals surface area contributed by atoms with Crippen LogP contribution in [-0.2, 0) is 4.79 Å². The van der Waals surface area contributed by atoms with Crippen molar-refractivity contribution < 1.29 is 10.1 Å². The van der Waals surface area contributed by atoms with Gasteiger partial charge in [0.05, 0.1) is 22.1 Å². The predicted molar refractivity (Wildman–Crippen MR) is 125 cm³/mol. The molecule has 29 heavy (non-hydrogen) atoms. The van der Waals surface area contributed by atoms with Gasteiger partial charge in [0, 0.05) is 30.7 Å². The van der Waals surface area contributed by atoms with E-state index >= 15 is 0 Å². The van der Waals surface area contributed by atoms with Gasteiger partial charge in [-0.3, -0.25) is 9.79 Å². The first-order valence-electron chi connectivity index (χ1n) is 10.7. The zero-order valence-electron chi connectivity index (χ0n) is 18.7. The van der Waals surface area contributed by atoms with Gasteiger partial charge in [0.25, 0.3) is 0 Å². The molecule has 2 fully saturated rings. The van der Waals surface area contributed by atoms with E-state index in [1.807, 2.05) is 30.3 Å². The van der Waals surface area contributed by atoms with Gasteiger partial charge in [-0.15, -0.1) is 0 Å². The highest BCUT2D eigenvalue weighted by Gasteiger charge is 2.44. The molecule has 5 heteroatoms. The fourth-order valence-corrected chi connectivity index (χ4v) is 5.74. The second kappa shape index (κ2) is 7.92. The highest BCUT2D eigenvalue weighted by Crippen LogP contribution is 2.36. The summed E-state index contributed by atoms with van der Waals surface area (Å²) in [6.07, 6.45) is 3.39. The SMILES string of the molecule is CC1(C)CC(=O)C(C(=S)Nc2ccccc2)C(=NC2CC(C)(C)[NH2+]C(C)(C)C2)C1. The lowest BCUT2D eigenvalue weighted by Gasteiger charge is -2.42. The lowest BCUT2D eigenvalue weighted by Crippen LogP contribution is -3.05. The Kier molecular flexibility index (Phi) is 6.03. The van der Waals surface area contributed by atoms with Crippen LogP contribution in [0.4, 0.5) is 5.69 Å². The Morgan fingerprint density at radius 2 is 1.62 bits per heavy atom. The minimum Gasteiger partial charge on any atom is -0.349 e. The number of nitrogens with one attached hydrogen (secondary N) is 1. The van der Waals surface area contributed by atoms with E-state index in [-0.39, 0.29) is 28.3 Å². The Morgan fingerprint density at radius 3 is 2.21 bits per heavy atom. The van der Waals surface area contributed by atoms with Crippen molar-refractivity contribution in [2.24, 2.45) is 16.3 Å². The van der Waals surface area contributed by atoms with Gasteiger partial charge in [-0.05, 0) is 51.7 Å². The van der Waals surface area contributed by atoms with Crippen molar-refractivity contribution in [3.63, 3.8) is 0 Å². The fourth-order valence-electron chi connectivity index (χ4n) is 5.36. The van der Waals surface area contributed by atoms with Crippen LogP contribution in [-0.4, -0.2) is 33.6 Å². The maximum absolute atomic E-state index is 13.1. The van der Waals surface area contributed by atoms with Crippen LogP contribution in [0.15, 0.2) is 35.3 Å². The third kappa shape index (κ3) is 5.73. The second-order valence-corrected chi connectivity index (χ2v) is 11.5. The predicted octanol–water partition coefficient (Wildman–Crippen LogP) is 4.16. The molecule has 2 aliphatic rings. The number of carbonyl (C=O) groups excluding carboxylic acids is 1. The first-order valence-corrected chi connectivity index (χ1v) is 11.1. The zero-order chi connectivity index (χ0) is 21.4. The standard InChI is InChI=1S/C24H35N3OS/c1-22(2)14-18(25-17-12-23(3,4)27-24(5,6)13-17)20(19(28)15-22)21(29)26-16-10-8-7-9-11-16/h7-11,17,20,27H,12-15H2,1-6H3,(H,26,29)/p+1. The average molecular weight is 415 g/mol. The van der Waals surface area contributed by atoms with Crippen LogP contribution in [0.25, 0.3) is 0 Å². The molecule has 1 unspecified atom stereocenters. The molecule has 1 aromatic carbocycles. The van der Waals surface area contributed by atoms with Crippen LogP contribution >= 0.6 is 12.2 Å². The Balaban J connectivity index is 1.90. The molecular formula is C24H36N3OS+. The number of ketones is 1. The van der Waals surface area contributed by atoms with Gasteiger partial charge >= 0.3 is 0 Å². The van der Waals surface area contributed by atoms with Crippen molar-refractivity contribution in [3.8, 4) is 0 Å². The number of anilines is 1. The Hall–Kier alpha value is -1.59. The molecule has 3 rings (SSSR count). The number of benzene rings is 1. The fraction of sp³-hybridized carbons (Fsp3) is 0.625. The largest absolute Gasteiger partial charge is 0.349 e. The number of nitrogens with two attached hydrogens (primary N) is 1. The summed E-state index contributed by atoms with van der Waals surface area (Å²) in [4.78, 5) is 18.9. The van der Waals surface area contributed by atoms with Crippen molar-refractivity contribution in [1.29, 1.82) is 0 Å². The van der Waals surface area contributed by atoms with Gasteiger partial charge in [0.2, 0.25) is 0 Å². The van der Waals surface area contributed by atoms with Gasteiger partial charge in [0.1, 0.15) is 11.7 Å². The van der Waals surface area contributed by atoms with E-state index in [4.69, 9.17) is 17.2 Å². The molecule has 0 aromatic heterocycles. The Labute approximate surface area is 181 Å². The summed E-state index contributed by atoms with van der Waals surface area (Å²) in [5, 5.41) is 5.76. The summed E-state index contributed by atoms with van der Waals surface area (Å²) in [5.41, 5.74) is 2.11. The molecule has 4 nitrogen and oxygen atoms in total. The normalized spacial score (nSPS) is 27.6. The van der Waals surface area contributed by atoms with Crippen molar-refractivity contribution >= 4 is 34.4 Å². The van der Waals surface area contributed by atoms with Crippen molar-refractivity contribution in [3.05, 3.63) is 30.3 Å². The number of Topliss-reactive ketones (excluding diaryl/α,β-unsaturated/α-hetero) is 1. The minimum absolute atomic E-state index is 0.0688. The van der Waals surface area contributed by atoms with E-state index in [0.29, 0.717) is 11.4 Å². The minimum atomic E-state index is -0.407. The maximum Gasteiger partial charge on any atom is 0.148 e. The molecule has 1 aliphatic carbocycles. The number of nitrogens with zero attached hydrogens (tertiary/aromatic N) is 1. The lowest BCUT2D eigenvalue weighted by atomic mass is 9.70. The van der Waals surface area contributed by atoms with Crippen molar-refractivity contribution in [2.75, 3.05) is 5.32 Å². The lowest BCUT2D eigenvalue weighted by molar-refractivity contribution is -0.787. The van der Waals surface area contributed by atoms with Crippen LogP contribution in [0, 0.1) is 11.3 Å². The number of quaternary nitrogens is 1. The van der Waals surface area contributed by atoms with Gasteiger partial charge in [-0.25, -0.2) is 0 Å². The third-order valence-electron chi connectivity index (χ3n) is 5.92. The number of carbonyl (C=O) groups is 1. The molecule has 1 saturated heterocycles. The van der Waals surface area contributed by atoms with Crippen LogP contribution in [0.3, 0.4) is 0 Å². The molecule has 0 radical (unpaired) electrons. The molecule has 0 spiro atoms. The first-order chi connectivity index (χ1) is 13.4. The van der Waals surface area contributed by atoms with E-state index in [9.17, 15) is 4.79 Å². The number of para-hydroxylation sites is 1. The zero-order valence-corrected chi connectivity index (χ0v) is 19.5. The van der Waals surface area contributed by atoms with Crippen LogP contribution in [0.2, 0.25) is 0 Å². The number of piperidine rings is 1. The summed E-state index contributed by atoms with van der Waals surface area (Å²) in [5.74, 6) is -0.218. The number of aliphatic imine (C=N–C) groups is 1. The molecular weight excluding hydrogens is 378 g/mol. The second-order valence-electron chi connectivity index (χ2n) is 11.1. The van der Waals surface area contributed by atoms with Crippen molar-refractivity contribution in [1.82, 2.24) is 0 Å². The maximum atomic E-state index is 13.1. The number of rotatable bonds is 3. The van der Waals surface area contributed by atoms with Gasteiger partial charge in [-0.1, -0.05) is 44.3 Å². The van der Waals surface area contributed by atoms with Crippen molar-refractivity contribution in [2.45, 2.75) is 84.3 Å². The van der Waals surface area contributed by atoms with Crippen LogP contribution < -0.4 is 10.6 Å². The molecule has 0 amide bonds. The van der Waals surface area contributed by atoms with Crippen LogP contribution in [0.5, 0.6) is 0 Å². The molecule has 1 aromatic rings. The van der Waals surface area contributed by atoms with E-state index in [0.717, 1.165) is 30.7 Å². The monoisotopic (exact) mass is 414 g/mol. The van der Waals surface area contributed by atoms with Gasteiger partial charge in [-0.2, -0.15) is 0 Å². The molecule has 158 valence electrons. The summed E-state index contributed by atoms with van der Waals surface area (Å²) in [6, 6.07) is 10.1. The Bertz CT molecular complexity index is 795. The molecule has 1 saturated carbocycles. The van der Waals surface area contributed by atoms with E-state index < -0.39 is 5.92 Å². The topological polar surface area (TPSA) is 58.1 Å². The molecule has 1 aliphatic heterocycles. The molecule has 1 atom stereocenters. The highest BCUT2D eigenvalue weighted by molar-refractivity contribution is 7.80. The summed E-state index contributed by atoms with van der Waals surface area (Å²) < 4.78 is 0. The first kappa shape index (κ1) is 22.1.